The fourth-order valence-electron chi connectivity index (χ4n) is 0.142. The van der Waals surface area contributed by atoms with E-state index in [0.717, 1.165) is 0 Å². The Bertz CT molecular complexity index is 175. The molecular weight excluding hydrogens is 129 g/mol. The number of halogens is 3. The van der Waals surface area contributed by atoms with Crippen LogP contribution < -0.4 is 0 Å². The van der Waals surface area contributed by atoms with Crippen molar-refractivity contribution in [3.05, 3.63) is 0 Å². The molecule has 0 N–H and O–H groups in total. The van der Waals surface area contributed by atoms with Crippen LogP contribution in [0.2, 0.25) is 0 Å². The largest absolute Gasteiger partial charge is 0.393 e. The first-order valence-corrected chi connectivity index (χ1v) is 2.32. The summed E-state index contributed by atoms with van der Waals surface area (Å²) in [4.78, 5) is 0. The third-order valence-corrected chi connectivity index (χ3v) is 1.07. The minimum atomic E-state index is -5.11. The lowest BCUT2D eigenvalue weighted by Gasteiger charge is -2.25. The highest BCUT2D eigenvalue weighted by Crippen LogP contribution is 2.39. The first-order chi connectivity index (χ1) is 5.75. The molecule has 0 rings (SSSR count). The molecule has 0 aliphatic heterocycles. The SMILES string of the molecule is [2H]C([2H])([2H])C(C)(C([2H])([2H])C)C(F)(F)F. The van der Waals surface area contributed by atoms with Gasteiger partial charge in [-0.2, -0.15) is 13.2 Å². The van der Waals surface area contributed by atoms with Crippen LogP contribution in [0.25, 0.3) is 0 Å². The zero-order valence-electron chi connectivity index (χ0n) is 10.1. The van der Waals surface area contributed by atoms with E-state index in [4.69, 9.17) is 6.85 Å². The molecule has 56 valence electrons. The van der Waals surface area contributed by atoms with Crippen molar-refractivity contribution in [2.24, 2.45) is 5.41 Å². The van der Waals surface area contributed by atoms with Gasteiger partial charge in [0.05, 0.1) is 5.41 Å². The van der Waals surface area contributed by atoms with E-state index in [2.05, 4.69) is 0 Å². The summed E-state index contributed by atoms with van der Waals surface area (Å²) < 4.78 is 71.8. The molecule has 1 unspecified atom stereocenters. The lowest BCUT2D eigenvalue weighted by molar-refractivity contribution is -0.212. The Morgan fingerprint density at radius 3 is 2.00 bits per heavy atom. The van der Waals surface area contributed by atoms with Crippen LogP contribution in [0, 0.1) is 5.41 Å². The van der Waals surface area contributed by atoms with E-state index in [1.54, 1.807) is 0 Å². The number of rotatable bonds is 1. The van der Waals surface area contributed by atoms with Crippen LogP contribution in [0.15, 0.2) is 0 Å². The van der Waals surface area contributed by atoms with Gasteiger partial charge in [-0.3, -0.25) is 0 Å². The summed E-state index contributed by atoms with van der Waals surface area (Å²) in [5.74, 6) is 0. The second-order valence-electron chi connectivity index (χ2n) is 1.87. The molecule has 0 heterocycles. The Hall–Kier alpha value is -0.210. The Labute approximate surface area is 60.1 Å². The quantitative estimate of drug-likeness (QED) is 0.532. The van der Waals surface area contributed by atoms with Gasteiger partial charge in [0, 0.05) is 6.85 Å². The molecule has 0 saturated carbocycles. The van der Waals surface area contributed by atoms with Crippen molar-refractivity contribution in [3.8, 4) is 0 Å². The molecule has 0 spiro atoms. The normalized spacial score (nSPS) is 30.6. The Kier molecular flexibility index (Phi) is 0.795. The summed E-state index contributed by atoms with van der Waals surface area (Å²) in [6.07, 6.45) is -7.98. The van der Waals surface area contributed by atoms with E-state index in [0.29, 0.717) is 13.8 Å². The zero-order valence-corrected chi connectivity index (χ0v) is 5.13. The van der Waals surface area contributed by atoms with Gasteiger partial charge in [-0.15, -0.1) is 0 Å². The summed E-state index contributed by atoms with van der Waals surface area (Å²) in [5, 5.41) is 0. The highest BCUT2D eigenvalue weighted by Gasteiger charge is 2.45. The van der Waals surface area contributed by atoms with Crippen molar-refractivity contribution in [1.29, 1.82) is 0 Å². The maximum Gasteiger partial charge on any atom is 0.393 e. The number of hydrogen-bond donors (Lipinski definition) is 0. The first-order valence-electron chi connectivity index (χ1n) is 4.82. The molecule has 3 heteroatoms. The molecule has 0 saturated heterocycles. The van der Waals surface area contributed by atoms with E-state index in [9.17, 15) is 13.2 Å². The van der Waals surface area contributed by atoms with Crippen LogP contribution in [0.3, 0.4) is 0 Å². The Balaban J connectivity index is 5.54. The van der Waals surface area contributed by atoms with Gasteiger partial charge in [0.1, 0.15) is 0 Å². The van der Waals surface area contributed by atoms with E-state index in [1.165, 1.54) is 0 Å². The first kappa shape index (κ1) is 3.26. The third-order valence-electron chi connectivity index (χ3n) is 1.07. The van der Waals surface area contributed by atoms with Gasteiger partial charge in [0.2, 0.25) is 0 Å². The van der Waals surface area contributed by atoms with Crippen LogP contribution >= 0.6 is 0 Å². The molecular formula is C6H11F3. The Morgan fingerprint density at radius 1 is 1.56 bits per heavy atom. The number of alkyl halides is 3. The van der Waals surface area contributed by atoms with Crippen molar-refractivity contribution in [2.75, 3.05) is 0 Å². The van der Waals surface area contributed by atoms with E-state index in [1.807, 2.05) is 0 Å². The van der Waals surface area contributed by atoms with Crippen molar-refractivity contribution < 1.29 is 20.0 Å². The molecule has 0 bridgehead atoms. The van der Waals surface area contributed by atoms with E-state index in [-0.39, 0.29) is 0 Å². The molecule has 0 nitrogen and oxygen atoms in total. The summed E-state index contributed by atoms with van der Waals surface area (Å²) in [7, 11) is 0. The van der Waals surface area contributed by atoms with Gasteiger partial charge in [0.25, 0.3) is 0 Å². The predicted octanol–water partition coefficient (Wildman–Crippen LogP) is 2.98. The van der Waals surface area contributed by atoms with Gasteiger partial charge >= 0.3 is 6.18 Å². The van der Waals surface area contributed by atoms with Gasteiger partial charge < -0.3 is 0 Å². The van der Waals surface area contributed by atoms with E-state index < -0.39 is 24.8 Å². The summed E-state index contributed by atoms with van der Waals surface area (Å²) in [6.45, 7) is -2.43. The second-order valence-corrected chi connectivity index (χ2v) is 1.87. The maximum atomic E-state index is 12.5. The summed E-state index contributed by atoms with van der Waals surface area (Å²) >= 11 is 0. The predicted molar refractivity (Wildman–Crippen MR) is 30.1 cm³/mol. The maximum absolute atomic E-state index is 12.5. The highest BCUT2D eigenvalue weighted by atomic mass is 19.4. The molecule has 1 atom stereocenters. The fraction of sp³-hybridized carbons (Fsp3) is 1.00. The lowest BCUT2D eigenvalue weighted by atomic mass is 9.90. The molecule has 0 aromatic rings. The zero-order chi connectivity index (χ0) is 12.0. The standard InChI is InChI=1S/C6H11F3/c1-4-5(2,3)6(7,8)9/h4H2,1-3H3/i2D3,4D2. The summed E-state index contributed by atoms with van der Waals surface area (Å²) in [6, 6.07) is 0. The molecule has 9 heavy (non-hydrogen) atoms. The molecule has 0 radical (unpaired) electrons. The fourth-order valence-corrected chi connectivity index (χ4v) is 0.142. The van der Waals surface area contributed by atoms with Crippen LogP contribution in [0.1, 0.15) is 33.9 Å². The van der Waals surface area contributed by atoms with Gasteiger partial charge in [-0.25, -0.2) is 0 Å². The van der Waals surface area contributed by atoms with Crippen LogP contribution in [-0.4, -0.2) is 6.18 Å². The van der Waals surface area contributed by atoms with Gasteiger partial charge in [-0.05, 0) is 6.37 Å². The Morgan fingerprint density at radius 2 is 2.00 bits per heavy atom. The number of hydrogen-bond acceptors (Lipinski definition) is 0. The molecule has 0 amide bonds. The molecule has 0 fully saturated rings. The summed E-state index contributed by atoms with van der Waals surface area (Å²) in [5.41, 5.74) is -3.35. The van der Waals surface area contributed by atoms with Crippen LogP contribution in [0.5, 0.6) is 0 Å². The topological polar surface area (TPSA) is 0 Å². The lowest BCUT2D eigenvalue weighted by Crippen LogP contribution is -2.30. The van der Waals surface area contributed by atoms with Crippen LogP contribution in [-0.2, 0) is 0 Å². The van der Waals surface area contributed by atoms with Gasteiger partial charge in [0.15, 0.2) is 0 Å². The van der Waals surface area contributed by atoms with E-state index >= 15 is 0 Å². The molecule has 0 aliphatic carbocycles. The smallest absolute Gasteiger partial charge is 0.171 e. The third kappa shape index (κ3) is 1.88. The minimum Gasteiger partial charge on any atom is -0.171 e. The average molecular weight is 145 g/mol. The molecule has 0 aromatic heterocycles. The average Bonchev–Trinajstić information content (AvgIpc) is 1.77. The van der Waals surface area contributed by atoms with Crippen molar-refractivity contribution in [3.63, 3.8) is 0 Å². The van der Waals surface area contributed by atoms with Crippen molar-refractivity contribution >= 4 is 0 Å². The van der Waals surface area contributed by atoms with Crippen LogP contribution in [0.4, 0.5) is 13.2 Å². The minimum absolute atomic E-state index is 0.375. The van der Waals surface area contributed by atoms with Crippen molar-refractivity contribution in [1.82, 2.24) is 0 Å². The monoisotopic (exact) mass is 145 g/mol. The second kappa shape index (κ2) is 2.20. The molecule has 0 aliphatic rings. The highest BCUT2D eigenvalue weighted by molar-refractivity contribution is 4.74. The molecule has 0 aromatic carbocycles. The van der Waals surface area contributed by atoms with Crippen molar-refractivity contribution in [2.45, 2.75) is 33.2 Å². The van der Waals surface area contributed by atoms with Gasteiger partial charge in [-0.1, -0.05) is 20.7 Å².